The summed E-state index contributed by atoms with van der Waals surface area (Å²) in [5.74, 6) is -0.335. The first-order chi connectivity index (χ1) is 17.2. The molecule has 11 nitrogen and oxygen atoms in total. The number of methoxy groups -OCH3 is 1. The van der Waals surface area contributed by atoms with E-state index >= 15 is 0 Å². The number of carbonyl (C=O) groups excluding carboxylic acids is 2. The number of rotatable bonds is 7. The first-order valence-electron chi connectivity index (χ1n) is 10.0. The van der Waals surface area contributed by atoms with Crippen molar-refractivity contribution in [2.45, 2.75) is 0 Å². The smallest absolute Gasteiger partial charge is 0.318 e. The second-order valence-corrected chi connectivity index (χ2v) is 9.31. The van der Waals surface area contributed by atoms with E-state index in [1.54, 1.807) is 42.5 Å². The van der Waals surface area contributed by atoms with E-state index in [0.717, 1.165) is 34.9 Å². The number of imide groups is 1. The normalized spacial score (nSPS) is 14.3. The summed E-state index contributed by atoms with van der Waals surface area (Å²) in [4.78, 5) is 47.6. The van der Waals surface area contributed by atoms with Crippen molar-refractivity contribution in [3.8, 4) is 17.2 Å². The molecule has 3 aromatic carbocycles. The summed E-state index contributed by atoms with van der Waals surface area (Å²) in [5, 5.41) is 22.0. The molecule has 0 aromatic heterocycles. The lowest BCUT2D eigenvalue weighted by atomic mass is 10.1. The van der Waals surface area contributed by atoms with Crippen molar-refractivity contribution >= 4 is 68.6 Å². The summed E-state index contributed by atoms with van der Waals surface area (Å²) in [6.07, 6.45) is 1.54. The van der Waals surface area contributed by atoms with Crippen LogP contribution in [-0.4, -0.2) is 28.1 Å². The Hall–Kier alpha value is -3.98. The van der Waals surface area contributed by atoms with Crippen LogP contribution in [0.5, 0.6) is 17.2 Å². The summed E-state index contributed by atoms with van der Waals surface area (Å²) in [7, 11) is 1.37. The minimum Gasteiger partial charge on any atom is -0.493 e. The molecule has 36 heavy (non-hydrogen) atoms. The van der Waals surface area contributed by atoms with Gasteiger partial charge in [0.05, 0.1) is 37.2 Å². The molecule has 1 fully saturated rings. The van der Waals surface area contributed by atoms with E-state index in [9.17, 15) is 29.8 Å². The maximum Gasteiger partial charge on any atom is 0.318 e. The van der Waals surface area contributed by atoms with Gasteiger partial charge in [-0.25, -0.2) is 4.90 Å². The topological polar surface area (TPSA) is 142 Å². The van der Waals surface area contributed by atoms with Crippen LogP contribution in [0.2, 0.25) is 0 Å². The van der Waals surface area contributed by atoms with E-state index in [0.29, 0.717) is 14.8 Å². The van der Waals surface area contributed by atoms with Crippen LogP contribution in [0.25, 0.3) is 6.08 Å². The molecule has 3 aromatic rings. The molecule has 0 saturated carbocycles. The number of thioether (sulfide) groups is 1. The van der Waals surface area contributed by atoms with Gasteiger partial charge in [0.25, 0.3) is 16.8 Å². The van der Waals surface area contributed by atoms with Crippen molar-refractivity contribution in [2.24, 2.45) is 0 Å². The summed E-state index contributed by atoms with van der Waals surface area (Å²) < 4.78 is 11.6. The SMILES string of the molecule is COc1cc(/C=C2/SC(=O)N(c3ccccc3)C2=O)cc(I)c1Oc1ccc([N+](=O)[O-])cc1[N+](=O)[O-]. The Kier molecular flexibility index (Phi) is 7.21. The molecule has 1 heterocycles. The summed E-state index contributed by atoms with van der Waals surface area (Å²) in [6, 6.07) is 14.8. The minimum atomic E-state index is -0.779. The van der Waals surface area contributed by atoms with Crippen molar-refractivity contribution in [3.05, 3.63) is 94.9 Å². The second-order valence-electron chi connectivity index (χ2n) is 7.16. The number of hydrogen-bond acceptors (Lipinski definition) is 9. The van der Waals surface area contributed by atoms with Gasteiger partial charge in [0.1, 0.15) is 0 Å². The van der Waals surface area contributed by atoms with Crippen LogP contribution in [-0.2, 0) is 4.79 Å². The number of halogens is 1. The van der Waals surface area contributed by atoms with Crippen molar-refractivity contribution < 1.29 is 28.9 Å². The third kappa shape index (κ3) is 5.01. The highest BCUT2D eigenvalue weighted by Crippen LogP contribution is 2.42. The monoisotopic (exact) mass is 619 g/mol. The van der Waals surface area contributed by atoms with Gasteiger partial charge in [-0.15, -0.1) is 0 Å². The van der Waals surface area contributed by atoms with Gasteiger partial charge in [0, 0.05) is 6.07 Å². The number of carbonyl (C=O) groups is 2. The van der Waals surface area contributed by atoms with Crippen LogP contribution in [0.3, 0.4) is 0 Å². The summed E-state index contributed by atoms with van der Waals surface area (Å²) in [5.41, 5.74) is -0.0411. The first kappa shape index (κ1) is 25.1. The van der Waals surface area contributed by atoms with Crippen molar-refractivity contribution in [2.75, 3.05) is 12.0 Å². The first-order valence-corrected chi connectivity index (χ1v) is 11.9. The Morgan fingerprint density at radius 2 is 1.69 bits per heavy atom. The summed E-state index contributed by atoms with van der Waals surface area (Å²) in [6.45, 7) is 0. The van der Waals surface area contributed by atoms with E-state index in [1.165, 1.54) is 13.2 Å². The Morgan fingerprint density at radius 1 is 0.972 bits per heavy atom. The number of nitro groups is 2. The van der Waals surface area contributed by atoms with Crippen LogP contribution < -0.4 is 14.4 Å². The highest BCUT2D eigenvalue weighted by Gasteiger charge is 2.36. The number of ether oxygens (including phenoxy) is 2. The van der Waals surface area contributed by atoms with Crippen molar-refractivity contribution in [1.82, 2.24) is 0 Å². The number of nitro benzene ring substituents is 2. The van der Waals surface area contributed by atoms with E-state index in [-0.39, 0.29) is 22.2 Å². The fourth-order valence-corrected chi connectivity index (χ4v) is 4.88. The third-order valence-corrected chi connectivity index (χ3v) is 6.59. The van der Waals surface area contributed by atoms with E-state index in [2.05, 4.69) is 0 Å². The highest BCUT2D eigenvalue weighted by molar-refractivity contribution is 14.1. The molecule has 0 N–H and O–H groups in total. The standard InChI is InChI=1S/C23H14IN3O8S/c1-34-19-10-13(11-20-22(28)25(23(29)36-20)14-5-3-2-4-6-14)9-16(24)21(19)35-18-8-7-15(26(30)31)12-17(18)27(32)33/h2-12H,1H3/b20-11+. The molecule has 1 saturated heterocycles. The predicted molar refractivity (Wildman–Crippen MR) is 140 cm³/mol. The maximum atomic E-state index is 12.9. The third-order valence-electron chi connectivity index (χ3n) is 4.92. The van der Waals surface area contributed by atoms with Gasteiger partial charge in [-0.3, -0.25) is 29.8 Å². The number of nitrogens with zero attached hydrogens (tertiary/aromatic N) is 3. The van der Waals surface area contributed by atoms with Gasteiger partial charge < -0.3 is 9.47 Å². The lowest BCUT2D eigenvalue weighted by Gasteiger charge is -2.14. The fourth-order valence-electron chi connectivity index (χ4n) is 3.30. The maximum absolute atomic E-state index is 12.9. The van der Waals surface area contributed by atoms with Crippen LogP contribution in [0.4, 0.5) is 21.9 Å². The lowest BCUT2D eigenvalue weighted by Crippen LogP contribution is -2.27. The number of amides is 2. The number of hydrogen-bond donors (Lipinski definition) is 0. The Balaban J connectivity index is 1.67. The largest absolute Gasteiger partial charge is 0.493 e. The number of para-hydroxylation sites is 1. The second kappa shape index (κ2) is 10.3. The molecule has 0 spiro atoms. The molecule has 1 aliphatic heterocycles. The Bertz CT molecular complexity index is 1440. The number of non-ortho nitro benzene ring substituents is 1. The van der Waals surface area contributed by atoms with E-state index in [4.69, 9.17) is 9.47 Å². The predicted octanol–water partition coefficient (Wildman–Crippen LogP) is 6.15. The summed E-state index contributed by atoms with van der Waals surface area (Å²) >= 11 is 2.74. The molecule has 0 radical (unpaired) electrons. The van der Waals surface area contributed by atoms with E-state index < -0.39 is 32.4 Å². The molecule has 0 unspecified atom stereocenters. The van der Waals surface area contributed by atoms with Gasteiger partial charge in [0.2, 0.25) is 5.75 Å². The molecule has 0 atom stereocenters. The molecule has 182 valence electrons. The molecule has 0 bridgehead atoms. The van der Waals surface area contributed by atoms with Gasteiger partial charge >= 0.3 is 5.69 Å². The van der Waals surface area contributed by atoms with Gasteiger partial charge in [-0.05, 0) is 76.3 Å². The van der Waals surface area contributed by atoms with Gasteiger partial charge in [-0.1, -0.05) is 18.2 Å². The Morgan fingerprint density at radius 3 is 2.33 bits per heavy atom. The lowest BCUT2D eigenvalue weighted by molar-refractivity contribution is -0.394. The molecule has 2 amide bonds. The Labute approximate surface area is 221 Å². The molecule has 0 aliphatic carbocycles. The highest BCUT2D eigenvalue weighted by atomic mass is 127. The molecule has 13 heteroatoms. The molecule has 4 rings (SSSR count). The molecule has 1 aliphatic rings. The zero-order valence-corrected chi connectivity index (χ0v) is 21.2. The zero-order chi connectivity index (χ0) is 26.0. The van der Waals surface area contributed by atoms with Crippen LogP contribution in [0.15, 0.2) is 65.6 Å². The van der Waals surface area contributed by atoms with Gasteiger partial charge in [-0.2, -0.15) is 0 Å². The minimum absolute atomic E-state index is 0.143. The fraction of sp³-hybridized carbons (Fsp3) is 0.0435. The zero-order valence-electron chi connectivity index (χ0n) is 18.2. The van der Waals surface area contributed by atoms with Crippen LogP contribution >= 0.6 is 34.4 Å². The average Bonchev–Trinajstić information content (AvgIpc) is 3.13. The van der Waals surface area contributed by atoms with Crippen LogP contribution in [0.1, 0.15) is 5.56 Å². The average molecular weight is 619 g/mol. The van der Waals surface area contributed by atoms with E-state index in [1.807, 2.05) is 22.6 Å². The quantitative estimate of drug-likeness (QED) is 0.132. The number of anilines is 1. The van der Waals surface area contributed by atoms with Crippen molar-refractivity contribution in [3.63, 3.8) is 0 Å². The molecular weight excluding hydrogens is 605 g/mol. The molecular formula is C23H14IN3O8S. The number of benzene rings is 3. The van der Waals surface area contributed by atoms with Gasteiger partial charge in [0.15, 0.2) is 11.5 Å². The van der Waals surface area contributed by atoms with Crippen LogP contribution in [0, 0.1) is 23.8 Å². The van der Waals surface area contributed by atoms with Crippen molar-refractivity contribution in [1.29, 1.82) is 0 Å².